The van der Waals surface area contributed by atoms with Crippen LogP contribution >= 0.6 is 0 Å². The van der Waals surface area contributed by atoms with Crippen LogP contribution in [0, 0.1) is 0 Å². The zero-order valence-corrected chi connectivity index (χ0v) is 16.0. The predicted octanol–water partition coefficient (Wildman–Crippen LogP) is 2.50. The van der Waals surface area contributed by atoms with Gasteiger partial charge in [0.1, 0.15) is 0 Å². The molecule has 0 aliphatic rings. The summed E-state index contributed by atoms with van der Waals surface area (Å²) in [7, 11) is 1.56. The number of rotatable bonds is 6. The first kappa shape index (κ1) is 19.1. The van der Waals surface area contributed by atoms with Gasteiger partial charge >= 0.3 is 5.69 Å². The van der Waals surface area contributed by atoms with Crippen molar-refractivity contribution >= 4 is 28.9 Å². The lowest BCUT2D eigenvalue weighted by atomic mass is 10.2. The Morgan fingerprint density at radius 1 is 1.29 bits per heavy atom. The summed E-state index contributed by atoms with van der Waals surface area (Å²) in [6.07, 6.45) is 7.60. The quantitative estimate of drug-likeness (QED) is 0.391. The molecule has 8 heteroatoms. The molecule has 0 unspecified atom stereocenters. The Kier molecular flexibility index (Phi) is 5.69. The predicted molar refractivity (Wildman–Crippen MR) is 113 cm³/mol. The van der Waals surface area contributed by atoms with E-state index in [1.54, 1.807) is 11.6 Å². The van der Waals surface area contributed by atoms with Crippen LogP contribution in [0.4, 0.5) is 5.95 Å². The molecule has 2 N–H and O–H groups in total. The Labute approximate surface area is 161 Å². The Hall–Kier alpha value is -3.68. The van der Waals surface area contributed by atoms with Crippen molar-refractivity contribution in [2.75, 3.05) is 5.43 Å². The highest BCUT2D eigenvalue weighted by Gasteiger charge is 2.16. The zero-order valence-electron chi connectivity index (χ0n) is 16.0. The van der Waals surface area contributed by atoms with E-state index in [0.29, 0.717) is 23.7 Å². The highest BCUT2D eigenvalue weighted by Crippen LogP contribution is 2.15. The summed E-state index contributed by atoms with van der Waals surface area (Å²) in [4.78, 5) is 30.9. The maximum Gasteiger partial charge on any atom is 0.329 e. The van der Waals surface area contributed by atoms with Gasteiger partial charge in [-0.2, -0.15) is 10.1 Å². The number of allylic oxidation sites excluding steroid dienone is 3. The smallest absolute Gasteiger partial charge is 0.299 e. The average Bonchev–Trinajstić information content (AvgIpc) is 3.07. The lowest BCUT2D eigenvalue weighted by Gasteiger charge is -2.05. The summed E-state index contributed by atoms with van der Waals surface area (Å²) in [6.45, 7) is 4.17. The third-order valence-electron chi connectivity index (χ3n) is 4.18. The van der Waals surface area contributed by atoms with E-state index in [1.165, 1.54) is 4.57 Å². The monoisotopic (exact) mass is 378 g/mol. The number of fused-ring (bicyclic) bond motifs is 1. The van der Waals surface area contributed by atoms with Gasteiger partial charge in [0.25, 0.3) is 5.56 Å². The first-order valence-corrected chi connectivity index (χ1v) is 8.85. The second kappa shape index (κ2) is 8.34. The minimum atomic E-state index is -0.509. The molecule has 2 aromatic heterocycles. The van der Waals surface area contributed by atoms with Crippen molar-refractivity contribution in [2.24, 2.45) is 12.1 Å². The van der Waals surface area contributed by atoms with Crippen molar-refractivity contribution in [3.8, 4) is 0 Å². The van der Waals surface area contributed by atoms with E-state index < -0.39 is 11.2 Å². The maximum atomic E-state index is 12.3. The van der Waals surface area contributed by atoms with Gasteiger partial charge in [-0.25, -0.2) is 10.2 Å². The molecular weight excluding hydrogens is 356 g/mol. The molecule has 0 amide bonds. The van der Waals surface area contributed by atoms with Crippen molar-refractivity contribution in [1.82, 2.24) is 19.1 Å². The molecule has 144 valence electrons. The van der Waals surface area contributed by atoms with Crippen LogP contribution in [0.5, 0.6) is 0 Å². The standard InChI is InChI=1S/C20H22N6O2/c1-4-5-13-26-16-17(25(3)20(28)22-18(16)27)21-19(26)24-23-14(2)11-12-15-9-7-6-8-10-15/h4-12H,13H2,1-3H3,(H,21,24)(H,22,27,28)/b5-4+,12-11+,23-14+. The number of hydrogen-bond donors (Lipinski definition) is 2. The van der Waals surface area contributed by atoms with Crippen LogP contribution in [0.3, 0.4) is 0 Å². The molecule has 0 atom stereocenters. The fourth-order valence-electron chi connectivity index (χ4n) is 2.66. The summed E-state index contributed by atoms with van der Waals surface area (Å²) < 4.78 is 2.99. The topological polar surface area (TPSA) is 97.1 Å². The minimum absolute atomic E-state index is 0.299. The number of nitrogens with one attached hydrogen (secondary N) is 2. The summed E-state index contributed by atoms with van der Waals surface area (Å²) >= 11 is 0. The van der Waals surface area contributed by atoms with Crippen molar-refractivity contribution in [3.05, 3.63) is 75.0 Å². The fraction of sp³-hybridized carbons (Fsp3) is 0.200. The van der Waals surface area contributed by atoms with Crippen molar-refractivity contribution in [3.63, 3.8) is 0 Å². The highest BCUT2D eigenvalue weighted by atomic mass is 16.2. The number of benzene rings is 1. The molecule has 1 aromatic carbocycles. The van der Waals surface area contributed by atoms with Crippen molar-refractivity contribution in [1.29, 1.82) is 0 Å². The molecule has 0 saturated heterocycles. The Bertz CT molecular complexity index is 1180. The van der Waals surface area contributed by atoms with Gasteiger partial charge in [0, 0.05) is 13.6 Å². The summed E-state index contributed by atoms with van der Waals surface area (Å²) in [5, 5.41) is 4.33. The van der Waals surface area contributed by atoms with E-state index in [2.05, 4.69) is 20.5 Å². The van der Waals surface area contributed by atoms with Crippen LogP contribution in [-0.2, 0) is 13.6 Å². The van der Waals surface area contributed by atoms with Crippen molar-refractivity contribution < 1.29 is 0 Å². The number of aromatic nitrogens is 4. The average molecular weight is 378 g/mol. The van der Waals surface area contributed by atoms with Gasteiger partial charge in [-0.05, 0) is 25.5 Å². The fourth-order valence-corrected chi connectivity index (χ4v) is 2.66. The molecular formula is C20H22N6O2. The summed E-state index contributed by atoms with van der Waals surface area (Å²) in [5.74, 6) is 0.382. The van der Waals surface area contributed by atoms with Crippen LogP contribution < -0.4 is 16.7 Å². The first-order chi connectivity index (χ1) is 13.5. The largest absolute Gasteiger partial charge is 0.329 e. The van der Waals surface area contributed by atoms with Gasteiger partial charge in [0.2, 0.25) is 5.95 Å². The molecule has 2 heterocycles. The zero-order chi connectivity index (χ0) is 20.1. The van der Waals surface area contributed by atoms with Crippen LogP contribution in [-0.4, -0.2) is 24.8 Å². The normalized spacial score (nSPS) is 12.5. The number of nitrogens with zero attached hydrogens (tertiary/aromatic N) is 4. The number of aryl methyl sites for hydroxylation is 1. The minimum Gasteiger partial charge on any atom is -0.299 e. The number of H-pyrrole nitrogens is 1. The molecule has 3 aromatic rings. The second-order valence-electron chi connectivity index (χ2n) is 6.21. The Balaban J connectivity index is 1.96. The summed E-state index contributed by atoms with van der Waals surface area (Å²) in [5.41, 5.74) is 4.34. The van der Waals surface area contributed by atoms with E-state index >= 15 is 0 Å². The molecule has 0 radical (unpaired) electrons. The molecule has 3 rings (SSSR count). The number of hydrogen-bond acceptors (Lipinski definition) is 5. The number of aromatic amines is 1. The summed E-state index contributed by atoms with van der Waals surface area (Å²) in [6, 6.07) is 9.90. The lowest BCUT2D eigenvalue weighted by molar-refractivity contribution is 0.818. The van der Waals surface area contributed by atoms with Gasteiger partial charge in [0.15, 0.2) is 11.2 Å². The number of anilines is 1. The van der Waals surface area contributed by atoms with Gasteiger partial charge in [-0.3, -0.25) is 18.9 Å². The van der Waals surface area contributed by atoms with Gasteiger partial charge in [0.05, 0.1) is 5.71 Å². The van der Waals surface area contributed by atoms with Gasteiger partial charge < -0.3 is 0 Å². The molecule has 0 bridgehead atoms. The Morgan fingerprint density at radius 2 is 2.04 bits per heavy atom. The molecule has 0 fully saturated rings. The van der Waals surface area contributed by atoms with Crippen LogP contribution in [0.25, 0.3) is 17.2 Å². The molecule has 28 heavy (non-hydrogen) atoms. The first-order valence-electron chi connectivity index (χ1n) is 8.85. The molecule has 0 aliphatic heterocycles. The van der Waals surface area contributed by atoms with E-state index in [9.17, 15) is 9.59 Å². The number of imidazole rings is 1. The highest BCUT2D eigenvalue weighted by molar-refractivity contribution is 5.96. The Morgan fingerprint density at radius 3 is 2.75 bits per heavy atom. The van der Waals surface area contributed by atoms with Crippen LogP contribution in [0.15, 0.2) is 63.3 Å². The van der Waals surface area contributed by atoms with E-state index in [-0.39, 0.29) is 0 Å². The molecule has 0 spiro atoms. The SMILES string of the molecule is C/C=C/Cn1c(N/N=C(C)/C=C/c2ccccc2)nc2c1c(=O)[nH]c(=O)n2C. The van der Waals surface area contributed by atoms with Gasteiger partial charge in [-0.15, -0.1) is 0 Å². The molecule has 0 aliphatic carbocycles. The number of hydrazone groups is 1. The molecule has 8 nitrogen and oxygen atoms in total. The van der Waals surface area contributed by atoms with E-state index in [1.807, 2.05) is 68.5 Å². The van der Waals surface area contributed by atoms with Gasteiger partial charge in [-0.1, -0.05) is 48.6 Å². The third kappa shape index (κ3) is 4.01. The second-order valence-corrected chi connectivity index (χ2v) is 6.21. The maximum absolute atomic E-state index is 12.3. The molecule has 0 saturated carbocycles. The van der Waals surface area contributed by atoms with Crippen LogP contribution in [0.1, 0.15) is 19.4 Å². The van der Waals surface area contributed by atoms with E-state index in [4.69, 9.17) is 0 Å². The third-order valence-corrected chi connectivity index (χ3v) is 4.18. The van der Waals surface area contributed by atoms with Crippen molar-refractivity contribution in [2.45, 2.75) is 20.4 Å². The van der Waals surface area contributed by atoms with E-state index in [0.717, 1.165) is 11.3 Å². The van der Waals surface area contributed by atoms with Crippen LogP contribution in [0.2, 0.25) is 0 Å². The lowest BCUT2D eigenvalue weighted by Crippen LogP contribution is -2.29.